The van der Waals surface area contributed by atoms with E-state index in [2.05, 4.69) is 37.9 Å². The fraction of sp³-hybridized carbons (Fsp3) is 0.176. The van der Waals surface area contributed by atoms with E-state index in [-0.39, 0.29) is 0 Å². The molecule has 0 atom stereocenters. The number of aromatic nitrogens is 2. The number of halogens is 1. The van der Waals surface area contributed by atoms with Crippen molar-refractivity contribution in [2.45, 2.75) is 20.8 Å². The molecule has 3 heteroatoms. The van der Waals surface area contributed by atoms with Crippen LogP contribution in [0.2, 0.25) is 5.15 Å². The van der Waals surface area contributed by atoms with Gasteiger partial charge in [-0.05, 0) is 38.0 Å². The molecule has 100 valence electrons. The first-order valence-corrected chi connectivity index (χ1v) is 6.94. The second-order valence-corrected chi connectivity index (χ2v) is 5.49. The third kappa shape index (κ3) is 2.16. The van der Waals surface area contributed by atoms with Crippen LogP contribution in [0, 0.1) is 20.8 Å². The van der Waals surface area contributed by atoms with E-state index >= 15 is 0 Å². The van der Waals surface area contributed by atoms with E-state index in [4.69, 9.17) is 16.6 Å². The summed E-state index contributed by atoms with van der Waals surface area (Å²) in [6.07, 6.45) is 0. The molecule has 0 aliphatic carbocycles. The van der Waals surface area contributed by atoms with E-state index in [1.807, 2.05) is 24.3 Å². The summed E-state index contributed by atoms with van der Waals surface area (Å²) in [6, 6.07) is 12.2. The normalized spacial score (nSPS) is 11.0. The summed E-state index contributed by atoms with van der Waals surface area (Å²) in [5.41, 5.74) is 5.39. The van der Waals surface area contributed by atoms with E-state index in [0.29, 0.717) is 11.0 Å². The van der Waals surface area contributed by atoms with E-state index in [1.54, 1.807) is 0 Å². The Bertz CT molecular complexity index is 809. The monoisotopic (exact) mass is 282 g/mol. The number of aryl methyl sites for hydroxylation is 3. The highest BCUT2D eigenvalue weighted by atomic mass is 35.5. The van der Waals surface area contributed by atoms with Crippen molar-refractivity contribution in [1.29, 1.82) is 0 Å². The molecular formula is C17H15ClN2. The molecule has 1 heterocycles. The van der Waals surface area contributed by atoms with Gasteiger partial charge < -0.3 is 0 Å². The first kappa shape index (κ1) is 13.1. The molecule has 0 spiro atoms. The zero-order valence-corrected chi connectivity index (χ0v) is 12.5. The molecule has 0 bridgehead atoms. The SMILES string of the molecule is Cc1cc(C)c2nc(-c3ccccc3C)nc(Cl)c2c1. The average Bonchev–Trinajstić information content (AvgIpc) is 2.40. The summed E-state index contributed by atoms with van der Waals surface area (Å²) in [5.74, 6) is 0.688. The summed E-state index contributed by atoms with van der Waals surface area (Å²) >= 11 is 6.36. The number of nitrogens with zero attached hydrogens (tertiary/aromatic N) is 2. The molecule has 3 aromatic rings. The third-order valence-corrected chi connectivity index (χ3v) is 3.76. The Balaban J connectivity index is 2.33. The van der Waals surface area contributed by atoms with Crippen molar-refractivity contribution in [3.8, 4) is 11.4 Å². The van der Waals surface area contributed by atoms with Crippen molar-refractivity contribution in [3.63, 3.8) is 0 Å². The second kappa shape index (κ2) is 4.88. The van der Waals surface area contributed by atoms with E-state index in [9.17, 15) is 0 Å². The van der Waals surface area contributed by atoms with Gasteiger partial charge in [-0.15, -0.1) is 0 Å². The van der Waals surface area contributed by atoms with Crippen LogP contribution < -0.4 is 0 Å². The van der Waals surface area contributed by atoms with Crippen LogP contribution in [0.4, 0.5) is 0 Å². The molecular weight excluding hydrogens is 268 g/mol. The fourth-order valence-corrected chi connectivity index (χ4v) is 2.72. The lowest BCUT2D eigenvalue weighted by Crippen LogP contribution is -1.95. The summed E-state index contributed by atoms with van der Waals surface area (Å²) in [5, 5.41) is 1.43. The fourth-order valence-electron chi connectivity index (χ4n) is 2.49. The number of fused-ring (bicyclic) bond motifs is 1. The van der Waals surface area contributed by atoms with Gasteiger partial charge in [0.1, 0.15) is 5.15 Å². The maximum Gasteiger partial charge on any atom is 0.161 e. The molecule has 0 aliphatic heterocycles. The molecule has 2 aromatic carbocycles. The van der Waals surface area contributed by atoms with Crippen LogP contribution >= 0.6 is 11.6 Å². The molecule has 0 aliphatic rings. The summed E-state index contributed by atoms with van der Waals surface area (Å²) < 4.78 is 0. The predicted molar refractivity (Wildman–Crippen MR) is 84.2 cm³/mol. The van der Waals surface area contributed by atoms with Crippen molar-refractivity contribution in [3.05, 3.63) is 58.2 Å². The summed E-state index contributed by atoms with van der Waals surface area (Å²) in [6.45, 7) is 6.16. The lowest BCUT2D eigenvalue weighted by molar-refractivity contribution is 1.20. The van der Waals surface area contributed by atoms with Gasteiger partial charge in [0, 0.05) is 10.9 Å². The predicted octanol–water partition coefficient (Wildman–Crippen LogP) is 4.88. The van der Waals surface area contributed by atoms with Crippen molar-refractivity contribution in [2.75, 3.05) is 0 Å². The van der Waals surface area contributed by atoms with Crippen molar-refractivity contribution in [2.24, 2.45) is 0 Å². The van der Waals surface area contributed by atoms with Gasteiger partial charge >= 0.3 is 0 Å². The van der Waals surface area contributed by atoms with Crippen LogP contribution in [0.25, 0.3) is 22.3 Å². The molecule has 0 saturated heterocycles. The van der Waals surface area contributed by atoms with Crippen molar-refractivity contribution < 1.29 is 0 Å². The van der Waals surface area contributed by atoms with Gasteiger partial charge in [-0.1, -0.05) is 47.5 Å². The Hall–Kier alpha value is -1.93. The van der Waals surface area contributed by atoms with Crippen LogP contribution in [-0.4, -0.2) is 9.97 Å². The molecule has 20 heavy (non-hydrogen) atoms. The quantitative estimate of drug-likeness (QED) is 0.595. The summed E-state index contributed by atoms with van der Waals surface area (Å²) in [4.78, 5) is 9.18. The number of benzene rings is 2. The Kier molecular flexibility index (Phi) is 3.19. The number of hydrogen-bond donors (Lipinski definition) is 0. The molecule has 0 radical (unpaired) electrons. The maximum atomic E-state index is 6.36. The smallest absolute Gasteiger partial charge is 0.161 e. The average molecular weight is 283 g/mol. The van der Waals surface area contributed by atoms with Gasteiger partial charge in [0.25, 0.3) is 0 Å². The molecule has 1 aromatic heterocycles. The van der Waals surface area contributed by atoms with Crippen LogP contribution in [0.3, 0.4) is 0 Å². The molecule has 2 nitrogen and oxygen atoms in total. The topological polar surface area (TPSA) is 25.8 Å². The van der Waals surface area contributed by atoms with Gasteiger partial charge in [0.05, 0.1) is 5.52 Å². The standard InChI is InChI=1S/C17H15ClN2/c1-10-8-12(3)15-14(9-10)16(18)20-17(19-15)13-7-5-4-6-11(13)2/h4-9H,1-3H3. The second-order valence-electron chi connectivity index (χ2n) is 5.13. The van der Waals surface area contributed by atoms with Crippen molar-refractivity contribution >= 4 is 22.5 Å². The van der Waals surface area contributed by atoms with E-state index < -0.39 is 0 Å². The largest absolute Gasteiger partial charge is 0.228 e. The molecule has 0 unspecified atom stereocenters. The van der Waals surface area contributed by atoms with E-state index in [0.717, 1.165) is 27.6 Å². The van der Waals surface area contributed by atoms with Crippen LogP contribution in [0.5, 0.6) is 0 Å². The molecule has 0 N–H and O–H groups in total. The van der Waals surface area contributed by atoms with Gasteiger partial charge in [0.15, 0.2) is 5.82 Å². The minimum atomic E-state index is 0.514. The van der Waals surface area contributed by atoms with Gasteiger partial charge in [-0.25, -0.2) is 9.97 Å². The highest BCUT2D eigenvalue weighted by Gasteiger charge is 2.11. The highest BCUT2D eigenvalue weighted by molar-refractivity contribution is 6.34. The van der Waals surface area contributed by atoms with Gasteiger partial charge in [0.2, 0.25) is 0 Å². The first-order valence-electron chi connectivity index (χ1n) is 6.57. The number of rotatable bonds is 1. The van der Waals surface area contributed by atoms with Crippen LogP contribution in [0.1, 0.15) is 16.7 Å². The molecule has 0 saturated carbocycles. The Morgan fingerprint density at radius 3 is 2.40 bits per heavy atom. The molecule has 0 amide bonds. The summed E-state index contributed by atoms with van der Waals surface area (Å²) in [7, 11) is 0. The van der Waals surface area contributed by atoms with Crippen LogP contribution in [0.15, 0.2) is 36.4 Å². The lowest BCUT2D eigenvalue weighted by atomic mass is 10.1. The molecule has 3 rings (SSSR count). The highest BCUT2D eigenvalue weighted by Crippen LogP contribution is 2.28. The Labute approximate surface area is 123 Å². The first-order chi connectivity index (χ1) is 9.56. The van der Waals surface area contributed by atoms with Crippen molar-refractivity contribution in [1.82, 2.24) is 9.97 Å². The van der Waals surface area contributed by atoms with E-state index in [1.165, 1.54) is 5.56 Å². The van der Waals surface area contributed by atoms with Crippen LogP contribution in [-0.2, 0) is 0 Å². The third-order valence-electron chi connectivity index (χ3n) is 3.47. The Morgan fingerprint density at radius 2 is 1.65 bits per heavy atom. The maximum absolute atomic E-state index is 6.36. The zero-order valence-electron chi connectivity index (χ0n) is 11.7. The minimum Gasteiger partial charge on any atom is -0.228 e. The van der Waals surface area contributed by atoms with Gasteiger partial charge in [-0.3, -0.25) is 0 Å². The Morgan fingerprint density at radius 1 is 0.900 bits per heavy atom. The van der Waals surface area contributed by atoms with Gasteiger partial charge in [-0.2, -0.15) is 0 Å². The molecule has 0 fully saturated rings. The minimum absolute atomic E-state index is 0.514. The number of hydrogen-bond acceptors (Lipinski definition) is 2. The lowest BCUT2D eigenvalue weighted by Gasteiger charge is -2.09. The zero-order chi connectivity index (χ0) is 14.3.